The number of rotatable bonds is 3. The highest BCUT2D eigenvalue weighted by molar-refractivity contribution is 5.88. The standard InChI is InChI=1S/C15H16F3N5O2/c16-15(17,18)11-4-1-6-19-13(11)23-8-5-12(21-23)20-14(25)22-7-2-3-10(22)9-24/h1,4-6,8,10,24H,2-3,7,9H2,(H,20,21,25)/t10-/m0/s1. The van der Waals surface area contributed by atoms with E-state index in [-0.39, 0.29) is 24.3 Å². The van der Waals surface area contributed by atoms with Crippen LogP contribution < -0.4 is 5.32 Å². The molecule has 3 heterocycles. The summed E-state index contributed by atoms with van der Waals surface area (Å²) in [7, 11) is 0. The van der Waals surface area contributed by atoms with E-state index in [1.54, 1.807) is 0 Å². The number of nitrogens with one attached hydrogen (secondary N) is 1. The van der Waals surface area contributed by atoms with Crippen molar-refractivity contribution in [2.75, 3.05) is 18.5 Å². The summed E-state index contributed by atoms with van der Waals surface area (Å²) in [6, 6.07) is 2.80. The first-order chi connectivity index (χ1) is 11.9. The van der Waals surface area contributed by atoms with Crippen molar-refractivity contribution in [3.05, 3.63) is 36.2 Å². The number of halogens is 3. The third-order valence-corrected chi connectivity index (χ3v) is 3.98. The van der Waals surface area contributed by atoms with E-state index >= 15 is 0 Å². The fourth-order valence-electron chi connectivity index (χ4n) is 2.78. The monoisotopic (exact) mass is 355 g/mol. The molecule has 1 saturated heterocycles. The van der Waals surface area contributed by atoms with Crippen LogP contribution in [0.15, 0.2) is 30.6 Å². The second kappa shape index (κ2) is 6.71. The molecule has 1 atom stereocenters. The highest BCUT2D eigenvalue weighted by atomic mass is 19.4. The molecule has 134 valence electrons. The Labute approximate surface area is 141 Å². The molecule has 2 aromatic heterocycles. The number of anilines is 1. The number of likely N-dealkylation sites (tertiary alicyclic amines) is 1. The number of urea groups is 1. The molecular weight excluding hydrogens is 339 g/mol. The summed E-state index contributed by atoms with van der Waals surface area (Å²) in [5.41, 5.74) is -0.920. The van der Waals surface area contributed by atoms with Crippen LogP contribution in [0.3, 0.4) is 0 Å². The lowest BCUT2D eigenvalue weighted by atomic mass is 10.2. The molecule has 2 aromatic rings. The second-order valence-electron chi connectivity index (χ2n) is 5.62. The van der Waals surface area contributed by atoms with E-state index in [0.717, 1.165) is 17.2 Å². The Hall–Kier alpha value is -2.62. The molecule has 0 radical (unpaired) electrons. The molecule has 10 heteroatoms. The summed E-state index contributed by atoms with van der Waals surface area (Å²) in [6.45, 7) is 0.376. The van der Waals surface area contributed by atoms with Gasteiger partial charge in [0.05, 0.1) is 12.6 Å². The fourth-order valence-corrected chi connectivity index (χ4v) is 2.78. The smallest absolute Gasteiger partial charge is 0.394 e. The van der Waals surface area contributed by atoms with Crippen LogP contribution in [-0.4, -0.2) is 50.0 Å². The number of aliphatic hydroxyl groups excluding tert-OH is 1. The molecule has 1 fully saturated rings. The van der Waals surface area contributed by atoms with E-state index in [9.17, 15) is 23.1 Å². The van der Waals surface area contributed by atoms with Gasteiger partial charge in [0.15, 0.2) is 11.6 Å². The maximum Gasteiger partial charge on any atom is 0.420 e. The van der Waals surface area contributed by atoms with Gasteiger partial charge in [-0.1, -0.05) is 0 Å². The van der Waals surface area contributed by atoms with Gasteiger partial charge in [-0.05, 0) is 25.0 Å². The van der Waals surface area contributed by atoms with Gasteiger partial charge >= 0.3 is 12.2 Å². The number of hydrogen-bond acceptors (Lipinski definition) is 4. The van der Waals surface area contributed by atoms with Crippen LogP contribution in [0.4, 0.5) is 23.8 Å². The predicted octanol–water partition coefficient (Wildman–Crippen LogP) is 2.27. The van der Waals surface area contributed by atoms with Crippen molar-refractivity contribution in [2.24, 2.45) is 0 Å². The summed E-state index contributed by atoms with van der Waals surface area (Å²) in [5.74, 6) is -0.266. The molecule has 1 aliphatic heterocycles. The van der Waals surface area contributed by atoms with Gasteiger partial charge in [-0.2, -0.15) is 13.2 Å². The Kier molecular flexibility index (Phi) is 4.62. The second-order valence-corrected chi connectivity index (χ2v) is 5.62. The summed E-state index contributed by atoms with van der Waals surface area (Å²) < 4.78 is 40.1. The molecule has 0 aromatic carbocycles. The molecule has 25 heavy (non-hydrogen) atoms. The van der Waals surface area contributed by atoms with E-state index in [1.807, 2.05) is 0 Å². The number of aromatic nitrogens is 3. The first-order valence-corrected chi connectivity index (χ1v) is 7.67. The van der Waals surface area contributed by atoms with E-state index in [4.69, 9.17) is 0 Å². The zero-order chi connectivity index (χ0) is 18.0. The molecule has 1 aliphatic rings. The third-order valence-electron chi connectivity index (χ3n) is 3.98. The molecule has 7 nitrogen and oxygen atoms in total. The Morgan fingerprint density at radius 2 is 2.20 bits per heavy atom. The number of amides is 2. The number of carbonyl (C=O) groups excluding carboxylic acids is 1. The first-order valence-electron chi connectivity index (χ1n) is 7.67. The Morgan fingerprint density at radius 1 is 1.40 bits per heavy atom. The third kappa shape index (κ3) is 3.58. The highest BCUT2D eigenvalue weighted by Gasteiger charge is 2.35. The average molecular weight is 355 g/mol. The predicted molar refractivity (Wildman–Crippen MR) is 82.2 cm³/mol. The van der Waals surface area contributed by atoms with Crippen LogP contribution in [0.25, 0.3) is 5.82 Å². The van der Waals surface area contributed by atoms with Gasteiger partial charge in [-0.25, -0.2) is 14.5 Å². The molecule has 0 saturated carbocycles. The minimum Gasteiger partial charge on any atom is -0.394 e. The Bertz CT molecular complexity index is 762. The van der Waals surface area contributed by atoms with Crippen LogP contribution in [0.2, 0.25) is 0 Å². The fraction of sp³-hybridized carbons (Fsp3) is 0.400. The van der Waals surface area contributed by atoms with Crippen LogP contribution in [0.1, 0.15) is 18.4 Å². The van der Waals surface area contributed by atoms with Crippen LogP contribution in [-0.2, 0) is 6.18 Å². The van der Waals surface area contributed by atoms with Gasteiger partial charge < -0.3 is 10.0 Å². The van der Waals surface area contributed by atoms with E-state index in [1.165, 1.54) is 29.4 Å². The molecule has 3 rings (SSSR count). The molecule has 0 unspecified atom stereocenters. The van der Waals surface area contributed by atoms with Crippen molar-refractivity contribution in [3.8, 4) is 5.82 Å². The normalized spacial score (nSPS) is 17.8. The van der Waals surface area contributed by atoms with Crippen LogP contribution in [0.5, 0.6) is 0 Å². The van der Waals surface area contributed by atoms with Gasteiger partial charge in [-0.15, -0.1) is 5.10 Å². The molecular formula is C15H16F3N5O2. The quantitative estimate of drug-likeness (QED) is 0.885. The Balaban J connectivity index is 1.79. The van der Waals surface area contributed by atoms with Gasteiger partial charge in [0.25, 0.3) is 0 Å². The zero-order valence-electron chi connectivity index (χ0n) is 13.1. The van der Waals surface area contributed by atoms with Gasteiger partial charge in [0.2, 0.25) is 0 Å². The number of alkyl halides is 3. The minimum atomic E-state index is -4.57. The topological polar surface area (TPSA) is 83.3 Å². The lowest BCUT2D eigenvalue weighted by Gasteiger charge is -2.22. The number of pyridine rings is 1. The highest BCUT2D eigenvalue weighted by Crippen LogP contribution is 2.32. The SMILES string of the molecule is O=C(Nc1ccn(-c2ncccc2C(F)(F)F)n1)N1CCC[C@H]1CO. The lowest BCUT2D eigenvalue weighted by Crippen LogP contribution is -2.40. The summed E-state index contributed by atoms with van der Waals surface area (Å²) in [5, 5.41) is 15.7. The van der Waals surface area contributed by atoms with Crippen molar-refractivity contribution >= 4 is 11.8 Å². The van der Waals surface area contributed by atoms with Crippen LogP contribution >= 0.6 is 0 Å². The van der Waals surface area contributed by atoms with Gasteiger partial charge in [0, 0.05) is 25.0 Å². The van der Waals surface area contributed by atoms with Crippen molar-refractivity contribution in [1.82, 2.24) is 19.7 Å². The Morgan fingerprint density at radius 3 is 2.92 bits per heavy atom. The summed E-state index contributed by atoms with van der Waals surface area (Å²) in [6.07, 6.45) is -0.540. The van der Waals surface area contributed by atoms with Gasteiger partial charge in [-0.3, -0.25) is 5.32 Å². The van der Waals surface area contributed by atoms with Crippen molar-refractivity contribution in [3.63, 3.8) is 0 Å². The number of hydrogen-bond donors (Lipinski definition) is 2. The molecule has 0 spiro atoms. The van der Waals surface area contributed by atoms with E-state index in [2.05, 4.69) is 15.4 Å². The molecule has 0 aliphatic carbocycles. The van der Waals surface area contributed by atoms with E-state index < -0.39 is 17.8 Å². The lowest BCUT2D eigenvalue weighted by molar-refractivity contribution is -0.137. The summed E-state index contributed by atoms with van der Waals surface area (Å²) in [4.78, 5) is 17.4. The van der Waals surface area contributed by atoms with E-state index in [0.29, 0.717) is 13.0 Å². The van der Waals surface area contributed by atoms with Crippen molar-refractivity contribution in [2.45, 2.75) is 25.1 Å². The molecule has 0 bridgehead atoms. The summed E-state index contributed by atoms with van der Waals surface area (Å²) >= 11 is 0. The van der Waals surface area contributed by atoms with Crippen LogP contribution in [0, 0.1) is 0 Å². The maximum atomic E-state index is 13.1. The maximum absolute atomic E-state index is 13.1. The minimum absolute atomic E-state index is 0.104. The van der Waals surface area contributed by atoms with Crippen molar-refractivity contribution < 1.29 is 23.1 Å². The molecule has 2 N–H and O–H groups in total. The van der Waals surface area contributed by atoms with Gasteiger partial charge in [0.1, 0.15) is 5.56 Å². The first kappa shape index (κ1) is 17.2. The number of carbonyl (C=O) groups is 1. The molecule has 2 amide bonds. The number of aliphatic hydroxyl groups is 1. The zero-order valence-corrected chi connectivity index (χ0v) is 13.1. The number of nitrogens with zero attached hydrogens (tertiary/aromatic N) is 4. The average Bonchev–Trinajstić information content (AvgIpc) is 3.22. The van der Waals surface area contributed by atoms with Crippen molar-refractivity contribution in [1.29, 1.82) is 0 Å². The largest absolute Gasteiger partial charge is 0.420 e.